The van der Waals surface area contributed by atoms with Crippen LogP contribution in [-0.4, -0.2) is 10.5 Å². The number of aromatic nitrogens is 1. The highest BCUT2D eigenvalue weighted by molar-refractivity contribution is 6.31. The SMILES string of the molecule is Cc1c(C(N)=O)cc(-c2ccc(Cl)cc2)n1Cc1ccccc1Cl. The molecule has 1 aromatic heterocycles. The van der Waals surface area contributed by atoms with E-state index in [2.05, 4.69) is 0 Å². The van der Waals surface area contributed by atoms with Crippen LogP contribution in [0.25, 0.3) is 11.3 Å². The number of halogens is 2. The minimum Gasteiger partial charge on any atom is -0.366 e. The molecular weight excluding hydrogens is 343 g/mol. The molecule has 0 spiro atoms. The van der Waals surface area contributed by atoms with Crippen molar-refractivity contribution >= 4 is 29.1 Å². The van der Waals surface area contributed by atoms with E-state index >= 15 is 0 Å². The number of hydrogen-bond donors (Lipinski definition) is 1. The molecule has 0 aliphatic heterocycles. The first-order valence-electron chi connectivity index (χ1n) is 7.46. The first-order chi connectivity index (χ1) is 11.5. The van der Waals surface area contributed by atoms with E-state index in [1.165, 1.54) is 0 Å². The summed E-state index contributed by atoms with van der Waals surface area (Å²) in [5.41, 5.74) is 9.68. The molecular formula is C19H16Cl2N2O. The second kappa shape index (κ2) is 6.71. The quantitative estimate of drug-likeness (QED) is 0.706. The van der Waals surface area contributed by atoms with E-state index in [1.54, 1.807) is 0 Å². The van der Waals surface area contributed by atoms with Gasteiger partial charge in [0.2, 0.25) is 0 Å². The van der Waals surface area contributed by atoms with Crippen molar-refractivity contribution < 1.29 is 4.79 Å². The molecule has 0 fully saturated rings. The summed E-state index contributed by atoms with van der Waals surface area (Å²) in [5.74, 6) is -0.444. The summed E-state index contributed by atoms with van der Waals surface area (Å²) in [6.07, 6.45) is 0. The first-order valence-corrected chi connectivity index (χ1v) is 8.22. The maximum atomic E-state index is 11.8. The number of nitrogens with two attached hydrogens (primary N) is 1. The Bertz CT molecular complexity index is 898. The van der Waals surface area contributed by atoms with Crippen molar-refractivity contribution in [3.63, 3.8) is 0 Å². The molecule has 0 bridgehead atoms. The number of hydrogen-bond acceptors (Lipinski definition) is 1. The topological polar surface area (TPSA) is 48.0 Å². The van der Waals surface area contributed by atoms with Crippen LogP contribution in [0.3, 0.4) is 0 Å². The average Bonchev–Trinajstić information content (AvgIpc) is 2.88. The van der Waals surface area contributed by atoms with Crippen LogP contribution in [0.1, 0.15) is 21.6 Å². The van der Waals surface area contributed by atoms with E-state index in [0.29, 0.717) is 22.2 Å². The van der Waals surface area contributed by atoms with Gasteiger partial charge in [0.1, 0.15) is 0 Å². The number of rotatable bonds is 4. The number of amides is 1. The molecule has 122 valence electrons. The van der Waals surface area contributed by atoms with E-state index in [0.717, 1.165) is 22.5 Å². The third-order valence-corrected chi connectivity index (χ3v) is 4.68. The van der Waals surface area contributed by atoms with Gasteiger partial charge in [-0.05, 0) is 42.3 Å². The van der Waals surface area contributed by atoms with Crippen molar-refractivity contribution in [2.24, 2.45) is 5.73 Å². The fraction of sp³-hybridized carbons (Fsp3) is 0.105. The largest absolute Gasteiger partial charge is 0.366 e. The van der Waals surface area contributed by atoms with Gasteiger partial charge in [-0.2, -0.15) is 0 Å². The van der Waals surface area contributed by atoms with Crippen LogP contribution in [0.5, 0.6) is 0 Å². The number of carbonyl (C=O) groups is 1. The van der Waals surface area contributed by atoms with E-state index in [1.807, 2.05) is 66.1 Å². The molecule has 3 nitrogen and oxygen atoms in total. The van der Waals surface area contributed by atoms with Crippen LogP contribution in [0.2, 0.25) is 10.0 Å². The van der Waals surface area contributed by atoms with Gasteiger partial charge < -0.3 is 10.3 Å². The minimum atomic E-state index is -0.444. The highest BCUT2D eigenvalue weighted by Crippen LogP contribution is 2.29. The van der Waals surface area contributed by atoms with Crippen LogP contribution in [-0.2, 0) is 6.54 Å². The zero-order valence-electron chi connectivity index (χ0n) is 13.1. The fourth-order valence-electron chi connectivity index (χ4n) is 2.76. The predicted molar refractivity (Wildman–Crippen MR) is 98.7 cm³/mol. The molecule has 0 unspecified atom stereocenters. The predicted octanol–water partition coefficient (Wildman–Crippen LogP) is 4.92. The van der Waals surface area contributed by atoms with Crippen LogP contribution in [0.4, 0.5) is 0 Å². The van der Waals surface area contributed by atoms with E-state index in [9.17, 15) is 4.79 Å². The third kappa shape index (κ3) is 3.18. The fourth-order valence-corrected chi connectivity index (χ4v) is 3.08. The number of primary amides is 1. The molecule has 3 aromatic rings. The van der Waals surface area contributed by atoms with Crippen LogP contribution < -0.4 is 5.73 Å². The average molecular weight is 359 g/mol. The second-order valence-electron chi connectivity index (χ2n) is 5.58. The Morgan fingerprint density at radius 2 is 1.75 bits per heavy atom. The van der Waals surface area contributed by atoms with Gasteiger partial charge in [-0.3, -0.25) is 4.79 Å². The third-order valence-electron chi connectivity index (χ3n) is 4.06. The van der Waals surface area contributed by atoms with Crippen molar-refractivity contribution in [1.82, 2.24) is 4.57 Å². The van der Waals surface area contributed by atoms with Gasteiger partial charge in [0.05, 0.1) is 5.56 Å². The maximum Gasteiger partial charge on any atom is 0.250 e. The molecule has 0 atom stereocenters. The Hall–Kier alpha value is -2.23. The normalized spacial score (nSPS) is 10.8. The van der Waals surface area contributed by atoms with Crippen LogP contribution in [0, 0.1) is 6.92 Å². The van der Waals surface area contributed by atoms with E-state index in [4.69, 9.17) is 28.9 Å². The lowest BCUT2D eigenvalue weighted by Gasteiger charge is -2.13. The molecule has 1 amide bonds. The lowest BCUT2D eigenvalue weighted by atomic mass is 10.1. The summed E-state index contributed by atoms with van der Waals surface area (Å²) in [7, 11) is 0. The van der Waals surface area contributed by atoms with Crippen LogP contribution in [0.15, 0.2) is 54.6 Å². The molecule has 0 radical (unpaired) electrons. The Labute approximate surface area is 150 Å². The molecule has 2 N–H and O–H groups in total. The van der Waals surface area contributed by atoms with Gasteiger partial charge in [0.15, 0.2) is 0 Å². The summed E-state index contributed by atoms with van der Waals surface area (Å²) < 4.78 is 2.05. The van der Waals surface area contributed by atoms with E-state index < -0.39 is 5.91 Å². The Morgan fingerprint density at radius 3 is 2.38 bits per heavy atom. The lowest BCUT2D eigenvalue weighted by Crippen LogP contribution is -2.12. The summed E-state index contributed by atoms with van der Waals surface area (Å²) in [6.45, 7) is 2.44. The van der Waals surface area contributed by atoms with Crippen molar-refractivity contribution in [2.75, 3.05) is 0 Å². The summed E-state index contributed by atoms with van der Waals surface area (Å²) in [4.78, 5) is 11.8. The summed E-state index contributed by atoms with van der Waals surface area (Å²) in [6, 6.07) is 17.0. The zero-order valence-corrected chi connectivity index (χ0v) is 14.6. The lowest BCUT2D eigenvalue weighted by molar-refractivity contribution is 0.0999. The number of nitrogens with zero attached hydrogens (tertiary/aromatic N) is 1. The van der Waals surface area contributed by atoms with E-state index in [-0.39, 0.29) is 0 Å². The van der Waals surface area contributed by atoms with Gasteiger partial charge in [-0.15, -0.1) is 0 Å². The smallest absolute Gasteiger partial charge is 0.250 e. The van der Waals surface area contributed by atoms with Crippen molar-refractivity contribution in [1.29, 1.82) is 0 Å². The van der Waals surface area contributed by atoms with Crippen molar-refractivity contribution in [2.45, 2.75) is 13.5 Å². The summed E-state index contributed by atoms with van der Waals surface area (Å²) in [5, 5.41) is 1.35. The standard InChI is InChI=1S/C19H16Cl2N2O/c1-12-16(19(22)24)10-18(13-6-8-15(20)9-7-13)23(12)11-14-4-2-3-5-17(14)21/h2-10H,11H2,1H3,(H2,22,24). The summed E-state index contributed by atoms with van der Waals surface area (Å²) >= 11 is 12.3. The molecule has 0 aliphatic rings. The van der Waals surface area contributed by atoms with Crippen molar-refractivity contribution in [3.05, 3.63) is 81.5 Å². The van der Waals surface area contributed by atoms with Crippen molar-refractivity contribution in [3.8, 4) is 11.3 Å². The second-order valence-corrected chi connectivity index (χ2v) is 6.42. The van der Waals surface area contributed by atoms with Gasteiger partial charge in [-0.1, -0.05) is 53.5 Å². The molecule has 0 saturated heterocycles. The van der Waals surface area contributed by atoms with Gasteiger partial charge in [0.25, 0.3) is 5.91 Å². The number of carbonyl (C=O) groups excluding carboxylic acids is 1. The molecule has 1 heterocycles. The maximum absolute atomic E-state index is 11.8. The molecule has 24 heavy (non-hydrogen) atoms. The highest BCUT2D eigenvalue weighted by atomic mass is 35.5. The number of benzene rings is 2. The van der Waals surface area contributed by atoms with Gasteiger partial charge >= 0.3 is 0 Å². The Kier molecular flexibility index (Phi) is 4.65. The first kappa shape index (κ1) is 16.6. The van der Waals surface area contributed by atoms with Crippen LogP contribution >= 0.6 is 23.2 Å². The molecule has 2 aromatic carbocycles. The monoisotopic (exact) mass is 358 g/mol. The Morgan fingerprint density at radius 1 is 1.08 bits per heavy atom. The molecule has 0 aliphatic carbocycles. The van der Waals surface area contributed by atoms with Gasteiger partial charge in [0, 0.05) is 28.0 Å². The molecule has 3 rings (SSSR count). The zero-order chi connectivity index (χ0) is 17.3. The molecule has 0 saturated carbocycles. The van der Waals surface area contributed by atoms with Gasteiger partial charge in [-0.25, -0.2) is 0 Å². The Balaban J connectivity index is 2.14. The highest BCUT2D eigenvalue weighted by Gasteiger charge is 2.17. The molecule has 5 heteroatoms. The minimum absolute atomic E-state index is 0.444.